The molecule has 2 unspecified atom stereocenters. The van der Waals surface area contributed by atoms with E-state index < -0.39 is 4.92 Å². The van der Waals surface area contributed by atoms with Crippen molar-refractivity contribution in [2.45, 2.75) is 32.7 Å². The number of aromatic nitrogens is 2. The number of nitrogens with zero attached hydrogens (tertiary/aromatic N) is 4. The first-order chi connectivity index (χ1) is 8.49. The lowest BCUT2D eigenvalue weighted by Crippen LogP contribution is -2.41. The number of nitrogens with two attached hydrogens (primary N) is 1. The highest BCUT2D eigenvalue weighted by Gasteiger charge is 2.29. The minimum Gasteiger partial charge on any atom is -0.368 e. The van der Waals surface area contributed by atoms with Gasteiger partial charge in [0.15, 0.2) is 0 Å². The zero-order chi connectivity index (χ0) is 13.3. The van der Waals surface area contributed by atoms with Crippen molar-refractivity contribution in [2.75, 3.05) is 17.2 Å². The van der Waals surface area contributed by atoms with Gasteiger partial charge in [0.25, 0.3) is 0 Å². The molecule has 7 heteroatoms. The molecule has 2 atom stereocenters. The maximum atomic E-state index is 11.0. The molecular weight excluding hydrogens is 234 g/mol. The van der Waals surface area contributed by atoms with E-state index in [4.69, 9.17) is 5.73 Å². The van der Waals surface area contributed by atoms with E-state index in [2.05, 4.69) is 23.8 Å². The molecule has 98 valence electrons. The predicted molar refractivity (Wildman–Crippen MR) is 68.3 cm³/mol. The van der Waals surface area contributed by atoms with Crippen molar-refractivity contribution < 1.29 is 4.92 Å². The van der Waals surface area contributed by atoms with Crippen LogP contribution < -0.4 is 10.6 Å². The van der Waals surface area contributed by atoms with Crippen LogP contribution in [0.1, 0.15) is 26.7 Å². The highest BCUT2D eigenvalue weighted by atomic mass is 16.6. The Labute approximate surface area is 105 Å². The van der Waals surface area contributed by atoms with Crippen LogP contribution in [0.5, 0.6) is 0 Å². The molecule has 1 saturated heterocycles. The molecule has 2 rings (SSSR count). The van der Waals surface area contributed by atoms with Crippen LogP contribution in [-0.4, -0.2) is 27.5 Å². The summed E-state index contributed by atoms with van der Waals surface area (Å²) < 4.78 is 0. The molecule has 1 fully saturated rings. The normalized spacial score (nSPS) is 24.0. The van der Waals surface area contributed by atoms with Crippen molar-refractivity contribution in [3.8, 4) is 0 Å². The van der Waals surface area contributed by atoms with Crippen molar-refractivity contribution in [1.82, 2.24) is 9.97 Å². The van der Waals surface area contributed by atoms with Crippen LogP contribution >= 0.6 is 0 Å². The maximum absolute atomic E-state index is 11.0. The van der Waals surface area contributed by atoms with Crippen LogP contribution in [0.15, 0.2) is 6.20 Å². The van der Waals surface area contributed by atoms with Crippen LogP contribution in [0.25, 0.3) is 0 Å². The van der Waals surface area contributed by atoms with Gasteiger partial charge in [-0.15, -0.1) is 0 Å². The van der Waals surface area contributed by atoms with Crippen molar-refractivity contribution in [3.05, 3.63) is 16.3 Å². The lowest BCUT2D eigenvalue weighted by Gasteiger charge is -2.36. The van der Waals surface area contributed by atoms with Gasteiger partial charge in [0.1, 0.15) is 6.20 Å². The molecule has 2 N–H and O–H groups in total. The second kappa shape index (κ2) is 4.75. The molecule has 0 amide bonds. The summed E-state index contributed by atoms with van der Waals surface area (Å²) in [5, 5.41) is 11.0. The largest absolute Gasteiger partial charge is 0.368 e. The summed E-state index contributed by atoms with van der Waals surface area (Å²) >= 11 is 0. The summed E-state index contributed by atoms with van der Waals surface area (Å²) in [6, 6.07) is 0.224. The molecule has 0 radical (unpaired) electrons. The molecule has 1 aliphatic rings. The van der Waals surface area contributed by atoms with Gasteiger partial charge in [-0.1, -0.05) is 6.92 Å². The number of hydrogen-bond acceptors (Lipinski definition) is 6. The predicted octanol–water partition coefficient (Wildman–Crippen LogP) is 1.59. The molecule has 0 spiro atoms. The molecule has 0 aromatic carbocycles. The second-order valence-corrected chi connectivity index (χ2v) is 4.87. The first kappa shape index (κ1) is 12.5. The average molecular weight is 251 g/mol. The van der Waals surface area contributed by atoms with Gasteiger partial charge in [0, 0.05) is 12.6 Å². The summed E-state index contributed by atoms with van der Waals surface area (Å²) in [6.45, 7) is 5.01. The zero-order valence-corrected chi connectivity index (χ0v) is 10.5. The molecule has 0 aliphatic carbocycles. The van der Waals surface area contributed by atoms with Crippen LogP contribution in [0, 0.1) is 16.0 Å². The van der Waals surface area contributed by atoms with Crippen molar-refractivity contribution >= 4 is 17.5 Å². The smallest absolute Gasteiger partial charge is 0.329 e. The van der Waals surface area contributed by atoms with E-state index in [0.717, 1.165) is 19.4 Å². The fraction of sp³-hybridized carbons (Fsp3) is 0.636. The highest BCUT2D eigenvalue weighted by Crippen LogP contribution is 2.32. The molecule has 1 aromatic rings. The molecule has 1 aromatic heterocycles. The van der Waals surface area contributed by atoms with Crippen molar-refractivity contribution in [1.29, 1.82) is 0 Å². The van der Waals surface area contributed by atoms with Gasteiger partial charge in [-0.2, -0.15) is 4.98 Å². The van der Waals surface area contributed by atoms with E-state index in [1.807, 2.05) is 4.90 Å². The first-order valence-electron chi connectivity index (χ1n) is 6.02. The Morgan fingerprint density at radius 2 is 2.28 bits per heavy atom. The van der Waals surface area contributed by atoms with Gasteiger partial charge in [0.05, 0.1) is 4.92 Å². The summed E-state index contributed by atoms with van der Waals surface area (Å²) in [4.78, 5) is 20.2. The van der Waals surface area contributed by atoms with Gasteiger partial charge in [0.2, 0.25) is 11.8 Å². The Kier molecular flexibility index (Phi) is 3.31. The third-order valence-corrected chi connectivity index (χ3v) is 3.38. The van der Waals surface area contributed by atoms with Gasteiger partial charge in [-0.3, -0.25) is 10.1 Å². The topological polar surface area (TPSA) is 98.2 Å². The Morgan fingerprint density at radius 3 is 2.89 bits per heavy atom. The standard InChI is InChI=1S/C11H17N5O2/c1-7-3-4-15(8(2)5-7)10-9(16(17)18)6-13-11(12)14-10/h6-8H,3-5H2,1-2H3,(H2,12,13,14). The van der Waals surface area contributed by atoms with Crippen molar-refractivity contribution in [2.24, 2.45) is 5.92 Å². The molecule has 2 heterocycles. The minimum absolute atomic E-state index is 0.0708. The average Bonchev–Trinajstić information content (AvgIpc) is 2.28. The van der Waals surface area contributed by atoms with Gasteiger partial charge < -0.3 is 10.6 Å². The summed E-state index contributed by atoms with van der Waals surface area (Å²) in [5.41, 5.74) is 5.46. The lowest BCUT2D eigenvalue weighted by atomic mass is 9.93. The Morgan fingerprint density at radius 1 is 1.56 bits per heavy atom. The fourth-order valence-electron chi connectivity index (χ4n) is 2.44. The first-order valence-corrected chi connectivity index (χ1v) is 6.02. The van der Waals surface area contributed by atoms with Crippen molar-refractivity contribution in [3.63, 3.8) is 0 Å². The minimum atomic E-state index is -0.459. The number of nitro groups is 1. The summed E-state index contributed by atoms with van der Waals surface area (Å²) in [5.74, 6) is 1.04. The van der Waals surface area contributed by atoms with Crippen LogP contribution in [0.2, 0.25) is 0 Å². The maximum Gasteiger partial charge on any atom is 0.329 e. The molecule has 7 nitrogen and oxygen atoms in total. The third kappa shape index (κ3) is 2.34. The van der Waals surface area contributed by atoms with E-state index in [1.165, 1.54) is 6.20 Å². The monoisotopic (exact) mass is 251 g/mol. The number of piperidine rings is 1. The van der Waals surface area contributed by atoms with Gasteiger partial charge in [-0.25, -0.2) is 4.98 Å². The van der Waals surface area contributed by atoms with E-state index in [-0.39, 0.29) is 17.7 Å². The van der Waals surface area contributed by atoms with E-state index in [0.29, 0.717) is 11.7 Å². The Bertz CT molecular complexity index is 465. The van der Waals surface area contributed by atoms with Crippen LogP contribution in [-0.2, 0) is 0 Å². The van der Waals surface area contributed by atoms with E-state index >= 15 is 0 Å². The number of nitrogen functional groups attached to an aromatic ring is 1. The lowest BCUT2D eigenvalue weighted by molar-refractivity contribution is -0.384. The number of anilines is 2. The molecule has 1 aliphatic heterocycles. The van der Waals surface area contributed by atoms with E-state index in [9.17, 15) is 10.1 Å². The molecular formula is C11H17N5O2. The molecule has 18 heavy (non-hydrogen) atoms. The van der Waals surface area contributed by atoms with Crippen LogP contribution in [0.4, 0.5) is 17.5 Å². The highest BCUT2D eigenvalue weighted by molar-refractivity contribution is 5.59. The number of hydrogen-bond donors (Lipinski definition) is 1. The Hall–Kier alpha value is -1.92. The summed E-state index contributed by atoms with van der Waals surface area (Å²) in [7, 11) is 0. The van der Waals surface area contributed by atoms with Gasteiger partial charge in [-0.05, 0) is 25.7 Å². The summed E-state index contributed by atoms with van der Waals surface area (Å²) in [6.07, 6.45) is 3.19. The Balaban J connectivity index is 2.37. The molecule has 0 bridgehead atoms. The third-order valence-electron chi connectivity index (χ3n) is 3.38. The molecule has 0 saturated carbocycles. The number of rotatable bonds is 2. The van der Waals surface area contributed by atoms with Gasteiger partial charge >= 0.3 is 5.69 Å². The fourth-order valence-corrected chi connectivity index (χ4v) is 2.44. The quantitative estimate of drug-likeness (QED) is 0.633. The zero-order valence-electron chi connectivity index (χ0n) is 10.5. The van der Waals surface area contributed by atoms with Crippen LogP contribution in [0.3, 0.4) is 0 Å². The second-order valence-electron chi connectivity index (χ2n) is 4.87. The SMILES string of the molecule is CC1CCN(c2nc(N)ncc2[N+](=O)[O-])C(C)C1. The van der Waals surface area contributed by atoms with E-state index in [1.54, 1.807) is 0 Å².